The average Bonchev–Trinajstić information content (AvgIpc) is 2.99. The van der Waals surface area contributed by atoms with Crippen LogP contribution in [0.1, 0.15) is 140 Å². The van der Waals surface area contributed by atoms with Crippen molar-refractivity contribution in [3.63, 3.8) is 0 Å². The van der Waals surface area contributed by atoms with E-state index in [0.29, 0.717) is 43.4 Å². The molecule has 0 spiro atoms. The fourth-order valence-corrected chi connectivity index (χ4v) is 12.8. The molecule has 1 amide bonds. The highest BCUT2D eigenvalue weighted by atomic mass is 16.6. The summed E-state index contributed by atoms with van der Waals surface area (Å²) in [6.45, 7) is 24.7. The summed E-state index contributed by atoms with van der Waals surface area (Å²) < 4.78 is 12.0. The van der Waals surface area contributed by atoms with Gasteiger partial charge in [-0.15, -0.1) is 0 Å². The molecule has 0 aromatic carbocycles. The lowest BCUT2D eigenvalue weighted by Gasteiger charge is -2.71. The fourth-order valence-electron chi connectivity index (χ4n) is 12.8. The number of hydrogen-bond acceptors (Lipinski definition) is 5. The number of amides is 1. The van der Waals surface area contributed by atoms with Crippen molar-refractivity contribution in [3.8, 4) is 0 Å². The van der Waals surface area contributed by atoms with Gasteiger partial charge in [-0.1, -0.05) is 60.1 Å². The number of allylic oxidation sites excluding steroid dienone is 2. The van der Waals surface area contributed by atoms with Crippen molar-refractivity contribution in [2.75, 3.05) is 19.7 Å². The van der Waals surface area contributed by atoms with Crippen molar-refractivity contribution < 1.29 is 24.2 Å². The van der Waals surface area contributed by atoms with Crippen LogP contribution in [0.5, 0.6) is 0 Å². The van der Waals surface area contributed by atoms with Crippen molar-refractivity contribution >= 4 is 12.1 Å². The van der Waals surface area contributed by atoms with Gasteiger partial charge in [0, 0.05) is 13.1 Å². The number of esters is 1. The van der Waals surface area contributed by atoms with Gasteiger partial charge >= 0.3 is 12.1 Å². The molecule has 1 heterocycles. The molecular formula is C41H67NO5. The number of nitrogens with zero attached hydrogens (tertiary/aromatic N) is 1. The Bertz CT molecular complexity index is 1260. The number of ether oxygens (including phenoxy) is 2. The number of aliphatic hydroxyl groups is 1. The third-order valence-electron chi connectivity index (χ3n) is 16.1. The Labute approximate surface area is 286 Å². The lowest BCUT2D eigenvalue weighted by Crippen LogP contribution is -2.65. The second kappa shape index (κ2) is 11.8. The van der Waals surface area contributed by atoms with Gasteiger partial charge in [0.25, 0.3) is 0 Å². The van der Waals surface area contributed by atoms with Crippen LogP contribution in [0.25, 0.3) is 0 Å². The molecule has 10 atom stereocenters. The zero-order chi connectivity index (χ0) is 34.4. The second-order valence-corrected chi connectivity index (χ2v) is 19.7. The van der Waals surface area contributed by atoms with E-state index in [1.165, 1.54) is 12.8 Å². The van der Waals surface area contributed by atoms with Gasteiger partial charge < -0.3 is 19.5 Å². The van der Waals surface area contributed by atoms with E-state index >= 15 is 0 Å². The van der Waals surface area contributed by atoms with Gasteiger partial charge in [0.15, 0.2) is 0 Å². The summed E-state index contributed by atoms with van der Waals surface area (Å²) in [5, 5.41) is 11.1. The van der Waals surface area contributed by atoms with Gasteiger partial charge in [-0.05, 0) is 149 Å². The lowest BCUT2D eigenvalue weighted by atomic mass is 9.33. The number of fused-ring (bicyclic) bond motifs is 7. The molecule has 266 valence electrons. The van der Waals surface area contributed by atoms with E-state index in [4.69, 9.17) is 9.47 Å². The molecule has 5 fully saturated rings. The van der Waals surface area contributed by atoms with E-state index in [-0.39, 0.29) is 51.7 Å². The van der Waals surface area contributed by atoms with Gasteiger partial charge in [0.1, 0.15) is 5.60 Å². The van der Waals surface area contributed by atoms with Crippen molar-refractivity contribution in [1.82, 2.24) is 4.90 Å². The first-order chi connectivity index (χ1) is 21.8. The van der Waals surface area contributed by atoms with Crippen molar-refractivity contribution in [1.29, 1.82) is 0 Å². The van der Waals surface area contributed by atoms with E-state index in [1.807, 2.05) is 20.8 Å². The third kappa shape index (κ3) is 5.43. The molecule has 4 saturated carbocycles. The molecule has 0 aromatic heterocycles. The minimum atomic E-state index is -0.496. The normalized spacial score (nSPS) is 45.0. The van der Waals surface area contributed by atoms with Crippen LogP contribution >= 0.6 is 0 Å². The average molecular weight is 654 g/mol. The van der Waals surface area contributed by atoms with Crippen molar-refractivity contribution in [2.45, 2.75) is 152 Å². The van der Waals surface area contributed by atoms with Gasteiger partial charge in [0.05, 0.1) is 18.1 Å². The predicted molar refractivity (Wildman–Crippen MR) is 186 cm³/mol. The monoisotopic (exact) mass is 654 g/mol. The first-order valence-electron chi connectivity index (χ1n) is 19.3. The quantitative estimate of drug-likeness (QED) is 0.243. The van der Waals surface area contributed by atoms with E-state index in [0.717, 1.165) is 57.8 Å². The minimum absolute atomic E-state index is 0.0461. The maximum absolute atomic E-state index is 14.5. The van der Waals surface area contributed by atoms with Crippen LogP contribution in [0.15, 0.2) is 11.6 Å². The van der Waals surface area contributed by atoms with Crippen LogP contribution in [0.4, 0.5) is 4.79 Å². The van der Waals surface area contributed by atoms with Crippen molar-refractivity contribution in [2.24, 2.45) is 62.6 Å². The molecule has 0 unspecified atom stereocenters. The van der Waals surface area contributed by atoms with E-state index < -0.39 is 11.0 Å². The molecule has 1 saturated heterocycles. The number of hydrogen-bond donors (Lipinski definition) is 1. The molecule has 6 heteroatoms. The highest BCUT2D eigenvalue weighted by Crippen LogP contribution is 2.75. The minimum Gasteiger partial charge on any atom is -0.465 e. The lowest BCUT2D eigenvalue weighted by molar-refractivity contribution is -0.207. The molecule has 0 radical (unpaired) electrons. The molecular weight excluding hydrogens is 586 g/mol. The highest BCUT2D eigenvalue weighted by Gasteiger charge is 2.69. The zero-order valence-electron chi connectivity index (χ0n) is 31.5. The molecule has 1 aliphatic heterocycles. The van der Waals surface area contributed by atoms with Crippen LogP contribution < -0.4 is 0 Å². The standard InChI is InChI=1S/C41H67NO5/c1-26-13-20-41(34(44)46-25-28-16-23-42(24-17-28)35(45)47-36(3,4)5)22-21-39(9)29(33(41)27(26)2)11-12-31-38(8)18-15-32(43)37(6,7)30(38)14-19-40(31,39)10/h11,26-28,30-33,43H,12-25H2,1-10H3/t26-,27+,30+,31-,32+,33+,38+,39-,40-,41+/m1/s1. The summed E-state index contributed by atoms with van der Waals surface area (Å²) in [6.07, 6.45) is 13.4. The molecule has 0 bridgehead atoms. The first-order valence-corrected chi connectivity index (χ1v) is 19.3. The molecule has 0 aromatic rings. The SMILES string of the molecule is C[C@H]1[C@H](C)CC[C@]2(C(=O)OCC3CCN(C(=O)OC(C)(C)C)CC3)CC[C@]3(C)C(=CC[C@@H]4[C@@]5(C)CC[C@H](O)C(C)(C)[C@@H]5CC[C@]43C)[C@H]12. The number of carbonyl (C=O) groups excluding carboxylic acids is 2. The largest absolute Gasteiger partial charge is 0.465 e. The van der Waals surface area contributed by atoms with Crippen LogP contribution in [-0.2, 0) is 14.3 Å². The zero-order valence-corrected chi connectivity index (χ0v) is 31.5. The van der Waals surface area contributed by atoms with Gasteiger partial charge in [0.2, 0.25) is 0 Å². The number of piperidine rings is 1. The molecule has 47 heavy (non-hydrogen) atoms. The number of carbonyl (C=O) groups is 2. The summed E-state index contributed by atoms with van der Waals surface area (Å²) in [5.74, 6) is 2.72. The Kier molecular flexibility index (Phi) is 8.83. The Balaban J connectivity index is 1.22. The van der Waals surface area contributed by atoms with Crippen LogP contribution in [0.3, 0.4) is 0 Å². The molecule has 6 aliphatic rings. The van der Waals surface area contributed by atoms with Gasteiger partial charge in [-0.3, -0.25) is 4.79 Å². The summed E-state index contributed by atoms with van der Waals surface area (Å²) in [5.41, 5.74) is 1.07. The predicted octanol–water partition coefficient (Wildman–Crippen LogP) is 9.20. The number of aliphatic hydroxyl groups excluding tert-OH is 1. The Morgan fingerprint density at radius 1 is 0.894 bits per heavy atom. The molecule has 1 N–H and O–H groups in total. The summed E-state index contributed by atoms with van der Waals surface area (Å²) >= 11 is 0. The maximum atomic E-state index is 14.5. The molecule has 5 aliphatic carbocycles. The Morgan fingerprint density at radius 3 is 2.23 bits per heavy atom. The van der Waals surface area contributed by atoms with Gasteiger partial charge in [-0.25, -0.2) is 4.79 Å². The fraction of sp³-hybridized carbons (Fsp3) is 0.902. The number of rotatable bonds is 3. The van der Waals surface area contributed by atoms with Crippen LogP contribution in [0.2, 0.25) is 0 Å². The van der Waals surface area contributed by atoms with Crippen LogP contribution in [-0.4, -0.2) is 53.5 Å². The number of likely N-dealkylation sites (tertiary alicyclic amines) is 1. The summed E-state index contributed by atoms with van der Waals surface area (Å²) in [4.78, 5) is 28.9. The summed E-state index contributed by atoms with van der Waals surface area (Å²) in [6, 6.07) is 0. The van der Waals surface area contributed by atoms with E-state index in [9.17, 15) is 14.7 Å². The Hall–Kier alpha value is -1.56. The Morgan fingerprint density at radius 2 is 1.57 bits per heavy atom. The van der Waals surface area contributed by atoms with Crippen LogP contribution in [0, 0.1) is 62.6 Å². The second-order valence-electron chi connectivity index (χ2n) is 19.7. The van der Waals surface area contributed by atoms with Gasteiger partial charge in [-0.2, -0.15) is 0 Å². The third-order valence-corrected chi connectivity index (χ3v) is 16.1. The summed E-state index contributed by atoms with van der Waals surface area (Å²) in [7, 11) is 0. The topological polar surface area (TPSA) is 76.1 Å². The highest BCUT2D eigenvalue weighted by molar-refractivity contribution is 5.79. The van der Waals surface area contributed by atoms with E-state index in [1.54, 1.807) is 10.5 Å². The smallest absolute Gasteiger partial charge is 0.410 e. The van der Waals surface area contributed by atoms with Crippen molar-refractivity contribution in [3.05, 3.63) is 11.6 Å². The maximum Gasteiger partial charge on any atom is 0.410 e. The molecule has 6 rings (SSSR count). The first kappa shape index (κ1) is 35.3. The van der Waals surface area contributed by atoms with E-state index in [2.05, 4.69) is 54.5 Å². The molecule has 6 nitrogen and oxygen atoms in total.